The lowest BCUT2D eigenvalue weighted by Gasteiger charge is -2.36. The first-order chi connectivity index (χ1) is 16.4. The lowest BCUT2D eigenvalue weighted by molar-refractivity contribution is -0.141. The maximum atomic E-state index is 13.4. The molecule has 2 aliphatic rings. The van der Waals surface area contributed by atoms with Crippen molar-refractivity contribution in [2.45, 2.75) is 26.0 Å². The smallest absolute Gasteiger partial charge is 0.338 e. The number of aliphatic imine (C=N–C) groups is 1. The van der Waals surface area contributed by atoms with E-state index < -0.39 is 18.0 Å². The predicted octanol–water partition coefficient (Wildman–Crippen LogP) is 4.50. The highest BCUT2D eigenvalue weighted by molar-refractivity contribution is 8.16. The molecule has 0 aliphatic carbocycles. The van der Waals surface area contributed by atoms with Crippen molar-refractivity contribution in [3.63, 3.8) is 0 Å². The number of methoxy groups -OCH3 is 2. The molecule has 34 heavy (non-hydrogen) atoms. The molecule has 9 heteroatoms. The SMILES string of the molecule is COc1cccc([C@@H]2C(C(=O)OCc3ccccc3)=C(C)N=C3SC=C(CC(=O)O)N32)c1OC. The number of hydrogen-bond acceptors (Lipinski definition) is 8. The molecular weight excluding hydrogens is 456 g/mol. The van der Waals surface area contributed by atoms with Crippen LogP contribution in [0.2, 0.25) is 0 Å². The first-order valence-electron chi connectivity index (χ1n) is 10.5. The van der Waals surface area contributed by atoms with Crippen molar-refractivity contribution in [1.29, 1.82) is 0 Å². The molecule has 2 aromatic carbocycles. The zero-order valence-corrected chi connectivity index (χ0v) is 19.8. The average Bonchev–Trinajstić information content (AvgIpc) is 3.22. The number of carboxylic acids is 1. The Morgan fingerprint density at radius 1 is 1.09 bits per heavy atom. The number of allylic oxidation sites excluding steroid dienone is 1. The summed E-state index contributed by atoms with van der Waals surface area (Å²) >= 11 is 1.32. The average molecular weight is 481 g/mol. The van der Waals surface area contributed by atoms with Crippen LogP contribution in [0.5, 0.6) is 11.5 Å². The standard InChI is InChI=1S/C25H24N2O6S/c1-15-21(24(30)33-13-16-8-5-4-6-9-16)22(18-10-7-11-19(31-2)23(18)32-3)27-17(12-20(28)29)14-34-25(27)26-15/h4-11,14,22H,12-13H2,1-3H3,(H,28,29)/t22-/m1/s1. The van der Waals surface area contributed by atoms with Gasteiger partial charge in [0.1, 0.15) is 6.61 Å². The van der Waals surface area contributed by atoms with E-state index >= 15 is 0 Å². The summed E-state index contributed by atoms with van der Waals surface area (Å²) < 4.78 is 16.8. The van der Waals surface area contributed by atoms with Crippen LogP contribution in [0.3, 0.4) is 0 Å². The number of carboxylic acid groups (broad SMARTS) is 1. The van der Waals surface area contributed by atoms with Crippen LogP contribution in [0, 0.1) is 0 Å². The van der Waals surface area contributed by atoms with Crippen LogP contribution >= 0.6 is 11.8 Å². The maximum absolute atomic E-state index is 13.4. The number of nitrogens with zero attached hydrogens (tertiary/aromatic N) is 2. The molecule has 0 radical (unpaired) electrons. The number of hydrogen-bond donors (Lipinski definition) is 1. The molecule has 8 nitrogen and oxygen atoms in total. The lowest BCUT2D eigenvalue weighted by Crippen LogP contribution is -2.37. The van der Waals surface area contributed by atoms with E-state index in [0.29, 0.717) is 39.2 Å². The van der Waals surface area contributed by atoms with Crippen LogP contribution in [0.1, 0.15) is 30.5 Å². The molecule has 1 atom stereocenters. The molecule has 4 rings (SSSR count). The number of thioether (sulfide) groups is 1. The third-order valence-corrected chi connectivity index (χ3v) is 6.38. The van der Waals surface area contributed by atoms with Crippen molar-refractivity contribution in [3.8, 4) is 11.5 Å². The van der Waals surface area contributed by atoms with Crippen molar-refractivity contribution in [1.82, 2.24) is 4.90 Å². The number of aliphatic carboxylic acids is 1. The second kappa shape index (κ2) is 10.0. The van der Waals surface area contributed by atoms with E-state index in [1.165, 1.54) is 26.0 Å². The molecule has 0 saturated carbocycles. The lowest BCUT2D eigenvalue weighted by atomic mass is 9.92. The van der Waals surface area contributed by atoms with Gasteiger partial charge in [-0.3, -0.25) is 4.79 Å². The van der Waals surface area contributed by atoms with E-state index in [0.717, 1.165) is 5.56 Å². The summed E-state index contributed by atoms with van der Waals surface area (Å²) in [5, 5.41) is 11.8. The molecule has 0 unspecified atom stereocenters. The predicted molar refractivity (Wildman–Crippen MR) is 128 cm³/mol. The Labute approximate surface area is 201 Å². The summed E-state index contributed by atoms with van der Waals surface area (Å²) in [6.07, 6.45) is -0.222. The van der Waals surface area contributed by atoms with E-state index in [-0.39, 0.29) is 13.0 Å². The van der Waals surface area contributed by atoms with Gasteiger partial charge in [0, 0.05) is 11.3 Å². The van der Waals surface area contributed by atoms with Crippen molar-refractivity contribution in [3.05, 3.63) is 82.0 Å². The Bertz CT molecular complexity index is 1210. The van der Waals surface area contributed by atoms with Gasteiger partial charge in [0.15, 0.2) is 16.7 Å². The molecule has 0 fully saturated rings. The van der Waals surface area contributed by atoms with Gasteiger partial charge in [-0.2, -0.15) is 0 Å². The first kappa shape index (κ1) is 23.4. The third kappa shape index (κ3) is 4.51. The highest BCUT2D eigenvalue weighted by Crippen LogP contribution is 2.48. The fourth-order valence-corrected chi connectivity index (χ4v) is 4.97. The van der Waals surface area contributed by atoms with Gasteiger partial charge in [0.05, 0.1) is 38.0 Å². The number of rotatable bonds is 8. The normalized spacial score (nSPS) is 17.0. The molecule has 0 amide bonds. The fraction of sp³-hybridized carbons (Fsp3) is 0.240. The van der Waals surface area contributed by atoms with Gasteiger partial charge in [-0.15, -0.1) is 0 Å². The topological polar surface area (TPSA) is 97.7 Å². The number of para-hydroxylation sites is 1. The number of amidine groups is 1. The summed E-state index contributed by atoms with van der Waals surface area (Å²) in [6.45, 7) is 1.85. The van der Waals surface area contributed by atoms with Crippen LogP contribution in [-0.4, -0.2) is 41.3 Å². The highest BCUT2D eigenvalue weighted by atomic mass is 32.2. The van der Waals surface area contributed by atoms with E-state index in [4.69, 9.17) is 14.2 Å². The highest BCUT2D eigenvalue weighted by Gasteiger charge is 2.42. The molecule has 0 spiro atoms. The summed E-state index contributed by atoms with van der Waals surface area (Å²) in [5.74, 6) is -0.576. The molecule has 0 aromatic heterocycles. The molecule has 0 saturated heterocycles. The van der Waals surface area contributed by atoms with Crippen LogP contribution in [0.15, 0.2) is 75.9 Å². The number of benzene rings is 2. The van der Waals surface area contributed by atoms with Gasteiger partial charge in [0.25, 0.3) is 0 Å². The first-order valence-corrected chi connectivity index (χ1v) is 11.4. The van der Waals surface area contributed by atoms with E-state index in [9.17, 15) is 14.7 Å². The van der Waals surface area contributed by atoms with Gasteiger partial charge in [-0.1, -0.05) is 54.2 Å². The number of fused-ring (bicyclic) bond motifs is 1. The molecule has 1 N–H and O–H groups in total. The number of ether oxygens (including phenoxy) is 3. The van der Waals surface area contributed by atoms with Gasteiger partial charge < -0.3 is 24.2 Å². The van der Waals surface area contributed by atoms with Gasteiger partial charge in [0.2, 0.25) is 0 Å². The minimum Gasteiger partial charge on any atom is -0.493 e. The minimum absolute atomic E-state index is 0.0988. The summed E-state index contributed by atoms with van der Waals surface area (Å²) in [4.78, 5) is 31.4. The minimum atomic E-state index is -0.982. The summed E-state index contributed by atoms with van der Waals surface area (Å²) in [7, 11) is 3.06. The van der Waals surface area contributed by atoms with E-state index in [1.54, 1.807) is 29.4 Å². The second-order valence-electron chi connectivity index (χ2n) is 7.61. The molecule has 2 heterocycles. The summed E-state index contributed by atoms with van der Waals surface area (Å²) in [6, 6.07) is 14.1. The molecule has 176 valence electrons. The molecular formula is C25H24N2O6S. The van der Waals surface area contributed by atoms with Crippen molar-refractivity contribution >= 4 is 28.9 Å². The Hall–Kier alpha value is -3.72. The Morgan fingerprint density at radius 3 is 2.53 bits per heavy atom. The maximum Gasteiger partial charge on any atom is 0.338 e. The summed E-state index contributed by atoms with van der Waals surface area (Å²) in [5.41, 5.74) is 2.82. The van der Waals surface area contributed by atoms with Crippen LogP contribution in [-0.2, 0) is 20.9 Å². The van der Waals surface area contributed by atoms with Crippen LogP contribution in [0.4, 0.5) is 0 Å². The Kier molecular flexibility index (Phi) is 6.93. The molecule has 2 aromatic rings. The van der Waals surface area contributed by atoms with Crippen molar-refractivity contribution < 1.29 is 28.9 Å². The number of esters is 1. The number of carbonyl (C=O) groups excluding carboxylic acids is 1. The van der Waals surface area contributed by atoms with E-state index in [2.05, 4.69) is 4.99 Å². The van der Waals surface area contributed by atoms with Crippen LogP contribution < -0.4 is 9.47 Å². The third-order valence-electron chi connectivity index (χ3n) is 5.49. The largest absolute Gasteiger partial charge is 0.493 e. The van der Waals surface area contributed by atoms with E-state index in [1.807, 2.05) is 36.4 Å². The zero-order valence-electron chi connectivity index (χ0n) is 19.0. The monoisotopic (exact) mass is 480 g/mol. The Balaban J connectivity index is 1.80. The molecule has 0 bridgehead atoms. The van der Waals surface area contributed by atoms with Gasteiger partial charge in [-0.25, -0.2) is 9.79 Å². The number of carbonyl (C=O) groups is 2. The van der Waals surface area contributed by atoms with Gasteiger partial charge in [-0.05, 0) is 24.0 Å². The second-order valence-corrected chi connectivity index (χ2v) is 8.44. The Morgan fingerprint density at radius 2 is 1.85 bits per heavy atom. The van der Waals surface area contributed by atoms with Crippen molar-refractivity contribution in [2.75, 3.05) is 14.2 Å². The quantitative estimate of drug-likeness (QED) is 0.552. The van der Waals surface area contributed by atoms with Gasteiger partial charge >= 0.3 is 11.9 Å². The zero-order chi connectivity index (χ0) is 24.2. The molecule has 2 aliphatic heterocycles. The van der Waals surface area contributed by atoms with Crippen molar-refractivity contribution in [2.24, 2.45) is 4.99 Å². The van der Waals surface area contributed by atoms with Crippen LogP contribution in [0.25, 0.3) is 0 Å². The fourth-order valence-electron chi connectivity index (χ4n) is 4.01.